The molecule has 0 aliphatic carbocycles. The van der Waals surface area contributed by atoms with Crippen LogP contribution in [0.2, 0.25) is 0 Å². The van der Waals surface area contributed by atoms with Crippen molar-refractivity contribution in [2.45, 2.75) is 39.8 Å². The van der Waals surface area contributed by atoms with E-state index in [1.807, 2.05) is 13.0 Å². The van der Waals surface area contributed by atoms with Gasteiger partial charge in [-0.25, -0.2) is 0 Å². The third-order valence-electron chi connectivity index (χ3n) is 2.36. The van der Waals surface area contributed by atoms with Crippen molar-refractivity contribution in [1.82, 2.24) is 4.90 Å². The Labute approximate surface area is 76.2 Å². The Kier molecular flexibility index (Phi) is 4.98. The van der Waals surface area contributed by atoms with Crippen LogP contribution in [0.1, 0.15) is 27.7 Å². The van der Waals surface area contributed by atoms with Gasteiger partial charge in [-0.3, -0.25) is 4.90 Å². The number of allylic oxidation sites excluding steroid dienone is 1. The monoisotopic (exact) mass is 171 g/mol. The zero-order valence-electron chi connectivity index (χ0n) is 9.09. The van der Waals surface area contributed by atoms with Gasteiger partial charge >= 0.3 is 0 Å². The van der Waals surface area contributed by atoms with E-state index in [-0.39, 0.29) is 0 Å². The van der Waals surface area contributed by atoms with E-state index < -0.39 is 0 Å². The van der Waals surface area contributed by atoms with Gasteiger partial charge in [0.15, 0.2) is 0 Å². The molecule has 0 bridgehead atoms. The number of hydrogen-bond donors (Lipinski definition) is 0. The van der Waals surface area contributed by atoms with Gasteiger partial charge in [0.1, 0.15) is 5.76 Å². The molecule has 0 aromatic carbocycles. The highest BCUT2D eigenvalue weighted by molar-refractivity contribution is 5.00. The molecule has 0 rings (SSSR count). The molecule has 2 heteroatoms. The first kappa shape index (κ1) is 11.5. The second-order valence-electron chi connectivity index (χ2n) is 3.33. The lowest BCUT2D eigenvalue weighted by Gasteiger charge is -2.29. The molecule has 0 N–H and O–H groups in total. The summed E-state index contributed by atoms with van der Waals surface area (Å²) in [5.41, 5.74) is 0. The van der Waals surface area contributed by atoms with Crippen LogP contribution in [0, 0.1) is 0 Å². The standard InChI is InChI=1S/C10H21NO/c1-7-10(12-6)9(4)11(5)8(2)3/h7-9H,1-6H3/b10-7+. The number of likely N-dealkylation sites (N-methyl/N-ethyl adjacent to an activating group) is 1. The topological polar surface area (TPSA) is 12.5 Å². The molecule has 0 amide bonds. The molecule has 0 fully saturated rings. The molecule has 0 aromatic heterocycles. The van der Waals surface area contributed by atoms with Crippen molar-refractivity contribution in [1.29, 1.82) is 0 Å². The van der Waals surface area contributed by atoms with Gasteiger partial charge in [0.05, 0.1) is 13.2 Å². The van der Waals surface area contributed by atoms with Crippen LogP contribution in [0.4, 0.5) is 0 Å². The summed E-state index contributed by atoms with van der Waals surface area (Å²) in [6.45, 7) is 8.52. The molecular formula is C10H21NO. The first-order chi connectivity index (χ1) is 5.54. The minimum atomic E-state index is 0.361. The number of ether oxygens (including phenoxy) is 1. The second-order valence-corrected chi connectivity index (χ2v) is 3.33. The number of nitrogens with zero attached hydrogens (tertiary/aromatic N) is 1. The Hall–Kier alpha value is -0.500. The molecule has 0 spiro atoms. The van der Waals surface area contributed by atoms with E-state index >= 15 is 0 Å². The molecule has 0 aromatic rings. The molecule has 1 unspecified atom stereocenters. The van der Waals surface area contributed by atoms with Crippen molar-refractivity contribution < 1.29 is 4.74 Å². The van der Waals surface area contributed by atoms with Gasteiger partial charge in [0, 0.05) is 6.04 Å². The molecule has 0 aliphatic rings. The van der Waals surface area contributed by atoms with E-state index in [0.29, 0.717) is 12.1 Å². The van der Waals surface area contributed by atoms with E-state index in [9.17, 15) is 0 Å². The van der Waals surface area contributed by atoms with Crippen molar-refractivity contribution in [3.05, 3.63) is 11.8 Å². The summed E-state index contributed by atoms with van der Waals surface area (Å²) < 4.78 is 5.25. The molecule has 1 atom stereocenters. The predicted molar refractivity (Wildman–Crippen MR) is 53.1 cm³/mol. The molecule has 12 heavy (non-hydrogen) atoms. The van der Waals surface area contributed by atoms with Crippen molar-refractivity contribution in [3.8, 4) is 0 Å². The van der Waals surface area contributed by atoms with E-state index in [1.54, 1.807) is 7.11 Å². The molecule has 0 heterocycles. The molecule has 0 saturated heterocycles. The zero-order chi connectivity index (χ0) is 9.72. The minimum Gasteiger partial charge on any atom is -0.500 e. The lowest BCUT2D eigenvalue weighted by molar-refractivity contribution is 0.159. The van der Waals surface area contributed by atoms with Gasteiger partial charge in [0.2, 0.25) is 0 Å². The Morgan fingerprint density at radius 2 is 1.83 bits per heavy atom. The van der Waals surface area contributed by atoms with Crippen LogP contribution >= 0.6 is 0 Å². The molecule has 2 nitrogen and oxygen atoms in total. The van der Waals surface area contributed by atoms with Gasteiger partial charge in [0.25, 0.3) is 0 Å². The third-order valence-corrected chi connectivity index (χ3v) is 2.36. The summed E-state index contributed by atoms with van der Waals surface area (Å²) in [6.07, 6.45) is 2.02. The van der Waals surface area contributed by atoms with Crippen LogP contribution in [0.5, 0.6) is 0 Å². The quantitative estimate of drug-likeness (QED) is 0.602. The Bertz CT molecular complexity index is 152. The molecular weight excluding hydrogens is 150 g/mol. The van der Waals surface area contributed by atoms with Crippen molar-refractivity contribution in [2.75, 3.05) is 14.2 Å². The van der Waals surface area contributed by atoms with Gasteiger partial charge in [-0.1, -0.05) is 0 Å². The van der Waals surface area contributed by atoms with Crippen LogP contribution in [0.25, 0.3) is 0 Å². The first-order valence-electron chi connectivity index (χ1n) is 4.46. The molecule has 0 radical (unpaired) electrons. The fourth-order valence-corrected chi connectivity index (χ4v) is 1.18. The van der Waals surface area contributed by atoms with Gasteiger partial charge in [-0.2, -0.15) is 0 Å². The van der Waals surface area contributed by atoms with Crippen molar-refractivity contribution in [3.63, 3.8) is 0 Å². The highest BCUT2D eigenvalue weighted by Gasteiger charge is 2.15. The summed E-state index contributed by atoms with van der Waals surface area (Å²) in [5, 5.41) is 0. The fraction of sp³-hybridized carbons (Fsp3) is 0.800. The van der Waals surface area contributed by atoms with Gasteiger partial charge < -0.3 is 4.74 Å². The van der Waals surface area contributed by atoms with Crippen LogP contribution in [-0.2, 0) is 4.74 Å². The lowest BCUT2D eigenvalue weighted by atomic mass is 10.2. The fourth-order valence-electron chi connectivity index (χ4n) is 1.18. The Morgan fingerprint density at radius 3 is 2.08 bits per heavy atom. The molecule has 0 aliphatic heterocycles. The normalized spacial score (nSPS) is 15.5. The molecule has 72 valence electrons. The maximum atomic E-state index is 5.25. The average Bonchev–Trinajstić information content (AvgIpc) is 2.05. The second kappa shape index (κ2) is 5.20. The van der Waals surface area contributed by atoms with Crippen LogP contribution in [0.3, 0.4) is 0 Å². The van der Waals surface area contributed by atoms with Crippen LogP contribution in [-0.4, -0.2) is 31.1 Å². The van der Waals surface area contributed by atoms with E-state index in [0.717, 1.165) is 5.76 Å². The largest absolute Gasteiger partial charge is 0.500 e. The van der Waals surface area contributed by atoms with E-state index in [2.05, 4.69) is 32.7 Å². The lowest BCUT2D eigenvalue weighted by Crippen LogP contribution is -2.36. The maximum Gasteiger partial charge on any atom is 0.108 e. The van der Waals surface area contributed by atoms with Crippen LogP contribution < -0.4 is 0 Å². The summed E-state index contributed by atoms with van der Waals surface area (Å²) in [7, 11) is 3.83. The SMILES string of the molecule is C/C=C(/OC)C(C)N(C)C(C)C. The average molecular weight is 171 g/mol. The minimum absolute atomic E-state index is 0.361. The van der Waals surface area contributed by atoms with Gasteiger partial charge in [-0.15, -0.1) is 0 Å². The zero-order valence-corrected chi connectivity index (χ0v) is 9.09. The number of rotatable bonds is 4. The predicted octanol–water partition coefficient (Wildman–Crippen LogP) is 2.27. The number of methoxy groups -OCH3 is 1. The first-order valence-corrected chi connectivity index (χ1v) is 4.46. The highest BCUT2D eigenvalue weighted by atomic mass is 16.5. The van der Waals surface area contributed by atoms with E-state index in [4.69, 9.17) is 4.74 Å². The summed E-state index contributed by atoms with van der Waals surface area (Å²) >= 11 is 0. The summed E-state index contributed by atoms with van der Waals surface area (Å²) in [5.74, 6) is 1.03. The number of hydrogen-bond acceptors (Lipinski definition) is 2. The molecule has 0 saturated carbocycles. The van der Waals surface area contributed by atoms with Crippen LogP contribution in [0.15, 0.2) is 11.8 Å². The van der Waals surface area contributed by atoms with Crippen molar-refractivity contribution >= 4 is 0 Å². The maximum absolute atomic E-state index is 5.25. The summed E-state index contributed by atoms with van der Waals surface area (Å²) in [4.78, 5) is 2.28. The van der Waals surface area contributed by atoms with Crippen molar-refractivity contribution in [2.24, 2.45) is 0 Å². The smallest absolute Gasteiger partial charge is 0.108 e. The summed E-state index contributed by atoms with van der Waals surface area (Å²) in [6, 6.07) is 0.907. The van der Waals surface area contributed by atoms with Gasteiger partial charge in [-0.05, 0) is 40.8 Å². The highest BCUT2D eigenvalue weighted by Crippen LogP contribution is 2.11. The Morgan fingerprint density at radius 1 is 1.33 bits per heavy atom. The Balaban J connectivity index is 4.26. The third kappa shape index (κ3) is 2.86. The van der Waals surface area contributed by atoms with E-state index in [1.165, 1.54) is 0 Å².